The van der Waals surface area contributed by atoms with Gasteiger partial charge in [-0.1, -0.05) is 49.6 Å². The number of hydrogen-bond acceptors (Lipinski definition) is 5. The number of hydrogen-bond donors (Lipinski definition) is 3. The van der Waals surface area contributed by atoms with E-state index in [1.54, 1.807) is 0 Å². The first-order valence-corrected chi connectivity index (χ1v) is 10.6. The maximum Gasteiger partial charge on any atom is 0.408 e. The van der Waals surface area contributed by atoms with E-state index in [9.17, 15) is 19.2 Å². The summed E-state index contributed by atoms with van der Waals surface area (Å²) < 4.78 is 5.24. The Kier molecular flexibility index (Phi) is 7.82. The summed E-state index contributed by atoms with van der Waals surface area (Å²) in [5.74, 6) is -0.432. The summed E-state index contributed by atoms with van der Waals surface area (Å²) >= 11 is 0. The normalized spacial score (nSPS) is 20.4. The minimum Gasteiger partial charge on any atom is -0.445 e. The Labute approximate surface area is 176 Å². The standard InChI is InChI=1S/C22H29N3O5/c26-13-18(12-17-9-10-23-20(17)27)24-21(28)19(11-15-7-4-8-15)25-22(29)30-14-16-5-2-1-3-6-16/h1-3,5-6,13,15,17-19H,4,7-12,14H2,(H,23,27)(H,24,28)(H,25,29)/t17-,18-,19-/m0/s1. The van der Waals surface area contributed by atoms with E-state index < -0.39 is 24.1 Å². The van der Waals surface area contributed by atoms with E-state index in [1.165, 1.54) is 0 Å². The number of benzene rings is 1. The van der Waals surface area contributed by atoms with Crippen molar-refractivity contribution in [2.24, 2.45) is 11.8 Å². The van der Waals surface area contributed by atoms with Gasteiger partial charge in [-0.25, -0.2) is 4.79 Å². The van der Waals surface area contributed by atoms with Crippen LogP contribution in [0.25, 0.3) is 0 Å². The second kappa shape index (κ2) is 10.8. The van der Waals surface area contributed by atoms with Gasteiger partial charge in [0, 0.05) is 12.5 Å². The van der Waals surface area contributed by atoms with Crippen LogP contribution in [0.1, 0.15) is 44.1 Å². The van der Waals surface area contributed by atoms with Crippen LogP contribution in [-0.2, 0) is 25.7 Å². The first-order valence-electron chi connectivity index (χ1n) is 10.6. The van der Waals surface area contributed by atoms with Gasteiger partial charge < -0.3 is 25.5 Å². The molecule has 3 N–H and O–H groups in total. The van der Waals surface area contributed by atoms with Crippen molar-refractivity contribution in [2.75, 3.05) is 6.54 Å². The predicted molar refractivity (Wildman–Crippen MR) is 109 cm³/mol. The van der Waals surface area contributed by atoms with Crippen molar-refractivity contribution >= 4 is 24.2 Å². The molecule has 1 aromatic rings. The first kappa shape index (κ1) is 21.8. The molecule has 0 spiro atoms. The van der Waals surface area contributed by atoms with Gasteiger partial charge in [-0.3, -0.25) is 9.59 Å². The summed E-state index contributed by atoms with van der Waals surface area (Å²) in [7, 11) is 0. The number of carbonyl (C=O) groups is 4. The number of rotatable bonds is 10. The Hall–Kier alpha value is -2.90. The summed E-state index contributed by atoms with van der Waals surface area (Å²) in [5.41, 5.74) is 0.850. The minimum atomic E-state index is -0.779. The van der Waals surface area contributed by atoms with E-state index in [2.05, 4.69) is 16.0 Å². The average molecular weight is 415 g/mol. The molecule has 1 saturated carbocycles. The zero-order valence-electron chi connectivity index (χ0n) is 17.0. The van der Waals surface area contributed by atoms with Crippen molar-refractivity contribution in [2.45, 2.75) is 57.2 Å². The number of aldehydes is 1. The van der Waals surface area contributed by atoms with Crippen LogP contribution in [-0.4, -0.2) is 42.8 Å². The van der Waals surface area contributed by atoms with Gasteiger partial charge in [0.05, 0.1) is 6.04 Å². The summed E-state index contributed by atoms with van der Waals surface area (Å²) in [6, 6.07) is 7.73. The SMILES string of the molecule is O=C[C@H](C[C@@H]1CCNC1=O)NC(=O)[C@H](CC1CCC1)NC(=O)OCc1ccccc1. The molecular formula is C22H29N3O5. The largest absolute Gasteiger partial charge is 0.445 e. The van der Waals surface area contributed by atoms with Gasteiger partial charge in [0.15, 0.2) is 0 Å². The fourth-order valence-electron chi connectivity index (χ4n) is 3.81. The van der Waals surface area contributed by atoms with Gasteiger partial charge >= 0.3 is 6.09 Å². The van der Waals surface area contributed by atoms with Crippen LogP contribution in [0, 0.1) is 11.8 Å². The highest BCUT2D eigenvalue weighted by molar-refractivity contribution is 5.88. The summed E-state index contributed by atoms with van der Waals surface area (Å²) in [6.45, 7) is 0.695. The van der Waals surface area contributed by atoms with Crippen LogP contribution in [0.15, 0.2) is 30.3 Å². The van der Waals surface area contributed by atoms with E-state index in [1.807, 2.05) is 30.3 Å². The van der Waals surface area contributed by atoms with Crippen molar-refractivity contribution in [3.63, 3.8) is 0 Å². The predicted octanol–water partition coefficient (Wildman–Crippen LogP) is 1.68. The van der Waals surface area contributed by atoms with Crippen LogP contribution < -0.4 is 16.0 Å². The van der Waals surface area contributed by atoms with Crippen LogP contribution >= 0.6 is 0 Å². The molecule has 8 heteroatoms. The molecule has 2 aliphatic rings. The maximum atomic E-state index is 12.8. The fraction of sp³-hybridized carbons (Fsp3) is 0.545. The molecule has 0 unspecified atom stereocenters. The quantitative estimate of drug-likeness (QED) is 0.503. The van der Waals surface area contributed by atoms with Crippen molar-refractivity contribution in [1.29, 1.82) is 0 Å². The zero-order valence-corrected chi connectivity index (χ0v) is 17.0. The second-order valence-electron chi connectivity index (χ2n) is 8.05. The topological polar surface area (TPSA) is 114 Å². The second-order valence-corrected chi connectivity index (χ2v) is 8.05. The molecule has 1 aliphatic heterocycles. The summed E-state index contributed by atoms with van der Waals surface area (Å²) in [4.78, 5) is 48.3. The van der Waals surface area contributed by atoms with E-state index >= 15 is 0 Å². The van der Waals surface area contributed by atoms with Crippen LogP contribution in [0.5, 0.6) is 0 Å². The minimum absolute atomic E-state index is 0.0928. The summed E-state index contributed by atoms with van der Waals surface area (Å²) in [6.07, 6.45) is 4.54. The number of alkyl carbamates (subject to hydrolysis) is 1. The van der Waals surface area contributed by atoms with Gasteiger partial charge in [0.25, 0.3) is 0 Å². The van der Waals surface area contributed by atoms with E-state index in [-0.39, 0.29) is 24.9 Å². The smallest absolute Gasteiger partial charge is 0.408 e. The Morgan fingerprint density at radius 2 is 1.90 bits per heavy atom. The van der Waals surface area contributed by atoms with Crippen molar-refractivity contribution < 1.29 is 23.9 Å². The molecule has 3 rings (SSSR count). The number of nitrogens with one attached hydrogen (secondary N) is 3. The fourth-order valence-corrected chi connectivity index (χ4v) is 3.81. The molecule has 2 fully saturated rings. The molecule has 30 heavy (non-hydrogen) atoms. The van der Waals surface area contributed by atoms with Gasteiger partial charge in [-0.05, 0) is 30.7 Å². The van der Waals surface area contributed by atoms with E-state index in [4.69, 9.17) is 4.74 Å². The Morgan fingerprint density at radius 1 is 1.13 bits per heavy atom. The Balaban J connectivity index is 1.54. The number of amides is 3. The van der Waals surface area contributed by atoms with Crippen molar-refractivity contribution in [1.82, 2.24) is 16.0 Å². The lowest BCUT2D eigenvalue weighted by Gasteiger charge is -2.30. The molecule has 8 nitrogen and oxygen atoms in total. The molecular weight excluding hydrogens is 386 g/mol. The molecule has 3 atom stereocenters. The Bertz CT molecular complexity index is 750. The highest BCUT2D eigenvalue weighted by atomic mass is 16.5. The van der Waals surface area contributed by atoms with Crippen molar-refractivity contribution in [3.8, 4) is 0 Å². The number of carbonyl (C=O) groups excluding carboxylic acids is 4. The molecule has 1 aliphatic carbocycles. The highest BCUT2D eigenvalue weighted by Crippen LogP contribution is 2.30. The van der Waals surface area contributed by atoms with Crippen LogP contribution in [0.3, 0.4) is 0 Å². The molecule has 1 saturated heterocycles. The zero-order chi connectivity index (χ0) is 21.3. The first-order chi connectivity index (χ1) is 14.5. The molecule has 0 bridgehead atoms. The highest BCUT2D eigenvalue weighted by Gasteiger charge is 2.32. The number of ether oxygens (including phenoxy) is 1. The van der Waals surface area contributed by atoms with Gasteiger partial charge in [-0.15, -0.1) is 0 Å². The molecule has 0 aromatic heterocycles. The van der Waals surface area contributed by atoms with Crippen LogP contribution in [0.2, 0.25) is 0 Å². The molecule has 1 aromatic carbocycles. The average Bonchev–Trinajstić information content (AvgIpc) is 3.12. The lowest BCUT2D eigenvalue weighted by molar-refractivity contribution is -0.127. The van der Waals surface area contributed by atoms with E-state index in [0.717, 1.165) is 24.8 Å². The van der Waals surface area contributed by atoms with E-state index in [0.29, 0.717) is 31.6 Å². The maximum absolute atomic E-state index is 12.8. The van der Waals surface area contributed by atoms with Crippen molar-refractivity contribution in [3.05, 3.63) is 35.9 Å². The van der Waals surface area contributed by atoms with Crippen LogP contribution in [0.4, 0.5) is 4.79 Å². The Morgan fingerprint density at radius 3 is 2.50 bits per heavy atom. The van der Waals surface area contributed by atoms with Gasteiger partial charge in [0.2, 0.25) is 11.8 Å². The molecule has 162 valence electrons. The summed E-state index contributed by atoms with van der Waals surface area (Å²) in [5, 5.41) is 8.07. The third-order valence-corrected chi connectivity index (χ3v) is 5.81. The molecule has 0 radical (unpaired) electrons. The molecule has 3 amide bonds. The third kappa shape index (κ3) is 6.30. The van der Waals surface area contributed by atoms with Gasteiger partial charge in [0.1, 0.15) is 18.9 Å². The lowest BCUT2D eigenvalue weighted by atomic mass is 9.80. The monoisotopic (exact) mass is 415 g/mol. The lowest BCUT2D eigenvalue weighted by Crippen LogP contribution is -2.51. The third-order valence-electron chi connectivity index (χ3n) is 5.81. The van der Waals surface area contributed by atoms with Gasteiger partial charge in [-0.2, -0.15) is 0 Å². The molecule has 1 heterocycles.